The number of nitrogens with zero attached hydrogens (tertiary/aromatic N) is 1. The Morgan fingerprint density at radius 3 is 2.45 bits per heavy atom. The molecule has 3 rings (SSSR count). The zero-order valence-electron chi connectivity index (χ0n) is 17.4. The maximum atomic E-state index is 11.2. The molecule has 1 N–H and O–H groups in total. The summed E-state index contributed by atoms with van der Waals surface area (Å²) in [4.78, 5) is 4.75. The van der Waals surface area contributed by atoms with E-state index in [4.69, 9.17) is 4.55 Å². The van der Waals surface area contributed by atoms with E-state index in [0.29, 0.717) is 13.0 Å². The Bertz CT molecular complexity index is 941. The normalized spacial score (nSPS) is 13.3. The largest absolute Gasteiger partial charge is 0.340 e. The van der Waals surface area contributed by atoms with Crippen molar-refractivity contribution in [3.63, 3.8) is 0 Å². The molecule has 0 amide bonds. The second-order valence-electron chi connectivity index (χ2n) is 7.67. The van der Waals surface area contributed by atoms with Crippen LogP contribution in [0.5, 0.6) is 0 Å². The van der Waals surface area contributed by atoms with Gasteiger partial charge in [-0.05, 0) is 61.4 Å². The van der Waals surface area contributed by atoms with E-state index in [1.165, 1.54) is 33.8 Å². The molecule has 1 aliphatic heterocycles. The number of benzene rings is 2. The minimum absolute atomic E-state index is 0.217. The lowest BCUT2D eigenvalue weighted by Gasteiger charge is -2.34. The highest BCUT2D eigenvalue weighted by atomic mass is 32.2. The van der Waals surface area contributed by atoms with E-state index in [9.17, 15) is 8.42 Å². The topological polar surface area (TPSA) is 57.6 Å². The van der Waals surface area contributed by atoms with Gasteiger partial charge in [-0.1, -0.05) is 56.7 Å². The quantitative estimate of drug-likeness (QED) is 0.449. The highest BCUT2D eigenvalue weighted by molar-refractivity contribution is 7.99. The zero-order valence-corrected chi connectivity index (χ0v) is 19.0. The van der Waals surface area contributed by atoms with Gasteiger partial charge in [0.2, 0.25) is 0 Å². The summed E-state index contributed by atoms with van der Waals surface area (Å²) in [7, 11) is -3.95. The number of aryl methyl sites for hydroxylation is 2. The van der Waals surface area contributed by atoms with E-state index >= 15 is 0 Å². The zero-order chi connectivity index (χ0) is 20.9. The highest BCUT2D eigenvalue weighted by Crippen LogP contribution is 2.50. The van der Waals surface area contributed by atoms with Crippen LogP contribution in [0.3, 0.4) is 0 Å². The fraction of sp³-hybridized carbons (Fsp3) is 0.478. The molecule has 2 aromatic carbocycles. The first-order valence-electron chi connectivity index (χ1n) is 10.6. The Morgan fingerprint density at radius 2 is 1.72 bits per heavy atom. The van der Waals surface area contributed by atoms with Gasteiger partial charge in [0, 0.05) is 16.3 Å². The van der Waals surface area contributed by atoms with Gasteiger partial charge < -0.3 is 4.90 Å². The SMILES string of the molecule is CCCCc1ccc2c(c1)Sc1c(CCCC)cccc1N2CCCS(=O)(=O)O. The maximum absolute atomic E-state index is 11.2. The third kappa shape index (κ3) is 5.77. The second kappa shape index (κ2) is 10.0. The van der Waals surface area contributed by atoms with Crippen LogP contribution >= 0.6 is 11.8 Å². The first-order chi connectivity index (χ1) is 13.9. The summed E-state index contributed by atoms with van der Waals surface area (Å²) in [6.45, 7) is 4.98. The molecule has 1 heterocycles. The minimum atomic E-state index is -3.95. The molecular formula is C23H31NO3S2. The van der Waals surface area contributed by atoms with Crippen molar-refractivity contribution in [2.24, 2.45) is 0 Å². The van der Waals surface area contributed by atoms with Crippen molar-refractivity contribution in [3.8, 4) is 0 Å². The molecule has 0 radical (unpaired) electrons. The van der Waals surface area contributed by atoms with Gasteiger partial charge in [-0.15, -0.1) is 0 Å². The van der Waals surface area contributed by atoms with E-state index in [1.807, 2.05) is 11.8 Å². The van der Waals surface area contributed by atoms with Crippen LogP contribution in [0.15, 0.2) is 46.2 Å². The molecule has 1 aliphatic rings. The Kier molecular flexibility index (Phi) is 7.66. The van der Waals surface area contributed by atoms with E-state index in [-0.39, 0.29) is 5.75 Å². The lowest BCUT2D eigenvalue weighted by atomic mass is 10.0. The predicted molar refractivity (Wildman–Crippen MR) is 122 cm³/mol. The fourth-order valence-corrected chi connectivity index (χ4v) is 5.54. The lowest BCUT2D eigenvalue weighted by molar-refractivity contribution is 0.481. The van der Waals surface area contributed by atoms with Gasteiger partial charge in [0.1, 0.15) is 0 Å². The molecule has 6 heteroatoms. The summed E-state index contributed by atoms with van der Waals surface area (Å²) < 4.78 is 31.6. The average molecular weight is 434 g/mol. The van der Waals surface area contributed by atoms with Crippen molar-refractivity contribution in [1.29, 1.82) is 0 Å². The monoisotopic (exact) mass is 433 g/mol. The smallest absolute Gasteiger partial charge is 0.264 e. The molecular weight excluding hydrogens is 402 g/mol. The first-order valence-corrected chi connectivity index (χ1v) is 13.0. The van der Waals surface area contributed by atoms with E-state index in [1.54, 1.807) is 0 Å². The van der Waals surface area contributed by atoms with Crippen molar-refractivity contribution in [2.45, 2.75) is 68.6 Å². The van der Waals surface area contributed by atoms with Crippen LogP contribution in [-0.2, 0) is 23.0 Å². The molecule has 29 heavy (non-hydrogen) atoms. The van der Waals surface area contributed by atoms with Crippen LogP contribution in [0, 0.1) is 0 Å². The van der Waals surface area contributed by atoms with E-state index < -0.39 is 10.1 Å². The number of hydrogen-bond donors (Lipinski definition) is 1. The molecule has 158 valence electrons. The molecule has 0 bridgehead atoms. The third-order valence-corrected chi connectivity index (χ3v) is 7.32. The molecule has 0 fully saturated rings. The molecule has 0 aliphatic carbocycles. The third-order valence-electron chi connectivity index (χ3n) is 5.30. The van der Waals surface area contributed by atoms with Gasteiger partial charge in [-0.2, -0.15) is 8.42 Å². The van der Waals surface area contributed by atoms with Crippen LogP contribution in [0.4, 0.5) is 11.4 Å². The van der Waals surface area contributed by atoms with Gasteiger partial charge >= 0.3 is 0 Å². The molecule has 0 aromatic heterocycles. The maximum Gasteiger partial charge on any atom is 0.264 e. The first kappa shape index (κ1) is 22.2. The van der Waals surface area contributed by atoms with Crippen LogP contribution in [0.2, 0.25) is 0 Å². The van der Waals surface area contributed by atoms with Crippen molar-refractivity contribution >= 4 is 33.3 Å². The average Bonchev–Trinajstić information content (AvgIpc) is 2.69. The van der Waals surface area contributed by atoms with Crippen LogP contribution in [0.1, 0.15) is 57.1 Å². The highest BCUT2D eigenvalue weighted by Gasteiger charge is 2.25. The number of rotatable bonds is 10. The number of anilines is 2. The van der Waals surface area contributed by atoms with Crippen LogP contribution in [-0.4, -0.2) is 25.3 Å². The number of fused-ring (bicyclic) bond motifs is 2. The molecule has 4 nitrogen and oxygen atoms in total. The Hall–Kier alpha value is -1.50. The lowest BCUT2D eigenvalue weighted by Crippen LogP contribution is -2.24. The molecule has 0 saturated carbocycles. The van der Waals surface area contributed by atoms with Crippen molar-refractivity contribution in [1.82, 2.24) is 0 Å². The fourth-order valence-electron chi connectivity index (χ4n) is 3.75. The Morgan fingerprint density at radius 1 is 0.966 bits per heavy atom. The summed E-state index contributed by atoms with van der Waals surface area (Å²) in [6, 6.07) is 13.1. The molecule has 0 atom stereocenters. The summed E-state index contributed by atoms with van der Waals surface area (Å²) in [6.07, 6.45) is 7.19. The number of unbranched alkanes of at least 4 members (excludes halogenated alkanes) is 2. The molecule has 0 unspecified atom stereocenters. The molecule has 0 saturated heterocycles. The predicted octanol–water partition coefficient (Wildman–Crippen LogP) is 6.25. The van der Waals surface area contributed by atoms with Gasteiger partial charge in [0.05, 0.1) is 17.1 Å². The molecule has 2 aromatic rings. The Balaban J connectivity index is 1.96. The van der Waals surface area contributed by atoms with Gasteiger partial charge in [0.25, 0.3) is 10.1 Å². The van der Waals surface area contributed by atoms with Crippen molar-refractivity contribution < 1.29 is 13.0 Å². The van der Waals surface area contributed by atoms with Gasteiger partial charge in [-0.3, -0.25) is 4.55 Å². The van der Waals surface area contributed by atoms with Crippen molar-refractivity contribution in [3.05, 3.63) is 47.5 Å². The summed E-state index contributed by atoms with van der Waals surface area (Å²) in [5.41, 5.74) is 4.99. The summed E-state index contributed by atoms with van der Waals surface area (Å²) in [5, 5.41) is 0. The Labute approximate surface area is 179 Å². The summed E-state index contributed by atoms with van der Waals surface area (Å²) >= 11 is 1.84. The van der Waals surface area contributed by atoms with Gasteiger partial charge in [0.15, 0.2) is 0 Å². The van der Waals surface area contributed by atoms with Crippen LogP contribution < -0.4 is 4.90 Å². The number of hydrogen-bond acceptors (Lipinski definition) is 4. The minimum Gasteiger partial charge on any atom is -0.340 e. The standard InChI is InChI=1S/C23H31NO3S2/c1-3-5-9-18-13-14-20-22(17-18)28-23-19(10-6-4-2)11-7-12-21(23)24(20)15-8-16-29(25,26)27/h7,11-14,17H,3-6,8-10,15-16H2,1-2H3,(H,25,26,27). The van der Waals surface area contributed by atoms with Crippen molar-refractivity contribution in [2.75, 3.05) is 17.2 Å². The van der Waals surface area contributed by atoms with Gasteiger partial charge in [-0.25, -0.2) is 0 Å². The second-order valence-corrected chi connectivity index (χ2v) is 10.3. The van der Waals surface area contributed by atoms with E-state index in [2.05, 4.69) is 55.1 Å². The van der Waals surface area contributed by atoms with Crippen LogP contribution in [0.25, 0.3) is 0 Å². The summed E-state index contributed by atoms with van der Waals surface area (Å²) in [5.74, 6) is -0.217. The molecule has 0 spiro atoms. The van der Waals surface area contributed by atoms with E-state index in [0.717, 1.165) is 37.1 Å².